The van der Waals surface area contributed by atoms with Crippen LogP contribution in [0.15, 0.2) is 29.4 Å². The molecule has 9 heteroatoms. The molecule has 0 radical (unpaired) electrons. The van der Waals surface area contributed by atoms with Gasteiger partial charge in [0, 0.05) is 15.7 Å². The molecule has 1 heterocycles. The molecule has 2 rings (SSSR count). The van der Waals surface area contributed by atoms with Crippen molar-refractivity contribution in [2.45, 2.75) is 18.5 Å². The van der Waals surface area contributed by atoms with E-state index in [0.29, 0.717) is 27.9 Å². The summed E-state index contributed by atoms with van der Waals surface area (Å²) >= 11 is 1.87. The fourth-order valence-electron chi connectivity index (χ4n) is 1.69. The molecule has 0 bridgehead atoms. The lowest BCUT2D eigenvalue weighted by Gasteiger charge is -2.10. The van der Waals surface area contributed by atoms with Crippen molar-refractivity contribution in [1.82, 2.24) is 15.5 Å². The number of hydrogen-bond donors (Lipinski definition) is 3. The minimum absolute atomic E-state index is 0.00331. The highest BCUT2D eigenvalue weighted by molar-refractivity contribution is 14.1. The van der Waals surface area contributed by atoms with Gasteiger partial charge in [0.2, 0.25) is 0 Å². The molecule has 0 aliphatic carbocycles. The summed E-state index contributed by atoms with van der Waals surface area (Å²) in [5.41, 5.74) is 0.863. The smallest absolute Gasteiger partial charge is 0.279 e. The van der Waals surface area contributed by atoms with E-state index < -0.39 is 15.8 Å². The molecule has 0 aliphatic heterocycles. The second-order valence-electron chi connectivity index (χ2n) is 4.23. The number of halogens is 2. The molecule has 0 atom stereocenters. The Morgan fingerprint density at radius 3 is 2.86 bits per heavy atom. The van der Waals surface area contributed by atoms with E-state index in [1.165, 1.54) is 24.4 Å². The first-order chi connectivity index (χ1) is 9.94. The van der Waals surface area contributed by atoms with Crippen LogP contribution in [0.25, 0.3) is 0 Å². The minimum atomic E-state index is -3.80. The van der Waals surface area contributed by atoms with Crippen LogP contribution in [0.1, 0.15) is 12.5 Å². The van der Waals surface area contributed by atoms with Crippen molar-refractivity contribution >= 4 is 38.3 Å². The molecule has 0 unspecified atom stereocenters. The molecule has 114 valence electrons. The number of nitrogens with one attached hydrogen (secondary N) is 3. The Kier molecular flexibility index (Phi) is 5.17. The number of benzene rings is 1. The summed E-state index contributed by atoms with van der Waals surface area (Å²) in [6.45, 7) is 3.03. The third-order valence-corrected chi connectivity index (χ3v) is 4.96. The van der Waals surface area contributed by atoms with Crippen LogP contribution < -0.4 is 10.0 Å². The summed E-state index contributed by atoms with van der Waals surface area (Å²) in [5.74, 6) is -0.420. The summed E-state index contributed by atoms with van der Waals surface area (Å²) in [6, 6.07) is 3.84. The molecule has 6 nitrogen and oxygen atoms in total. The van der Waals surface area contributed by atoms with E-state index in [9.17, 15) is 12.8 Å². The maximum Gasteiger partial charge on any atom is 0.279 e. The third-order valence-electron chi connectivity index (χ3n) is 2.69. The molecule has 1 aromatic heterocycles. The predicted molar refractivity (Wildman–Crippen MR) is 85.9 cm³/mol. The zero-order valence-electron chi connectivity index (χ0n) is 11.2. The van der Waals surface area contributed by atoms with E-state index in [1.54, 1.807) is 0 Å². The van der Waals surface area contributed by atoms with Crippen LogP contribution in [0.5, 0.6) is 0 Å². The van der Waals surface area contributed by atoms with Crippen LogP contribution in [0, 0.1) is 9.39 Å². The van der Waals surface area contributed by atoms with Crippen LogP contribution >= 0.6 is 22.6 Å². The van der Waals surface area contributed by atoms with Gasteiger partial charge in [0.25, 0.3) is 10.0 Å². The van der Waals surface area contributed by atoms with Gasteiger partial charge in [-0.15, -0.1) is 0 Å². The first-order valence-corrected chi connectivity index (χ1v) is 8.71. The number of H-pyrrole nitrogens is 1. The van der Waals surface area contributed by atoms with Crippen molar-refractivity contribution in [3.63, 3.8) is 0 Å². The molecular formula is C12H14FIN4O2S. The van der Waals surface area contributed by atoms with Crippen molar-refractivity contribution in [3.05, 3.63) is 39.3 Å². The molecule has 0 spiro atoms. The van der Waals surface area contributed by atoms with E-state index >= 15 is 0 Å². The SMILES string of the molecule is CCNCc1cn[nH]c1S(=O)(=O)Nc1ccc(F)cc1I. The molecular weight excluding hydrogens is 410 g/mol. The van der Waals surface area contributed by atoms with Crippen molar-refractivity contribution in [2.75, 3.05) is 11.3 Å². The first-order valence-electron chi connectivity index (χ1n) is 6.15. The largest absolute Gasteiger partial charge is 0.313 e. The zero-order chi connectivity index (χ0) is 15.5. The topological polar surface area (TPSA) is 86.9 Å². The summed E-state index contributed by atoms with van der Waals surface area (Å²) < 4.78 is 40.7. The Hall–Kier alpha value is -1.20. The average molecular weight is 424 g/mol. The number of nitrogens with zero attached hydrogens (tertiary/aromatic N) is 1. The number of aromatic nitrogens is 2. The van der Waals surface area contributed by atoms with E-state index in [4.69, 9.17) is 0 Å². The van der Waals surface area contributed by atoms with Gasteiger partial charge < -0.3 is 5.32 Å². The maximum absolute atomic E-state index is 13.1. The lowest BCUT2D eigenvalue weighted by molar-refractivity contribution is 0.594. The number of anilines is 1. The maximum atomic E-state index is 13.1. The van der Waals surface area contributed by atoms with Gasteiger partial charge in [-0.1, -0.05) is 6.92 Å². The first kappa shape index (κ1) is 16.2. The molecule has 21 heavy (non-hydrogen) atoms. The van der Waals surface area contributed by atoms with Gasteiger partial charge in [0.15, 0.2) is 5.03 Å². The Labute approximate surface area is 135 Å². The highest BCUT2D eigenvalue weighted by Gasteiger charge is 2.21. The lowest BCUT2D eigenvalue weighted by atomic mass is 10.3. The van der Waals surface area contributed by atoms with Crippen LogP contribution in [0.3, 0.4) is 0 Å². The molecule has 0 saturated carbocycles. The molecule has 0 fully saturated rings. The van der Waals surface area contributed by atoms with Crippen molar-refractivity contribution < 1.29 is 12.8 Å². The quantitative estimate of drug-likeness (QED) is 0.620. The molecule has 0 aliphatic rings. The summed E-state index contributed by atoms with van der Waals surface area (Å²) in [7, 11) is -3.80. The summed E-state index contributed by atoms with van der Waals surface area (Å²) in [5, 5.41) is 9.31. The van der Waals surface area contributed by atoms with E-state index in [2.05, 4.69) is 20.2 Å². The van der Waals surface area contributed by atoms with Crippen molar-refractivity contribution in [1.29, 1.82) is 0 Å². The van der Waals surface area contributed by atoms with Crippen molar-refractivity contribution in [3.8, 4) is 0 Å². The molecule has 1 aromatic carbocycles. The standard InChI is InChI=1S/C12H14FIN4O2S/c1-2-15-6-8-7-16-17-12(8)21(19,20)18-11-4-3-9(13)5-10(11)14/h3-5,7,15,18H,2,6H2,1H3,(H,16,17). The Balaban J connectivity index is 2.28. The number of hydrogen-bond acceptors (Lipinski definition) is 4. The Bertz CT molecular complexity index is 733. The van der Waals surface area contributed by atoms with Crippen LogP contribution in [0.4, 0.5) is 10.1 Å². The highest BCUT2D eigenvalue weighted by Crippen LogP contribution is 2.23. The molecule has 3 N–H and O–H groups in total. The number of sulfonamides is 1. The summed E-state index contributed by atoms with van der Waals surface area (Å²) in [4.78, 5) is 0. The Morgan fingerprint density at radius 2 is 2.19 bits per heavy atom. The van der Waals surface area contributed by atoms with Gasteiger partial charge in [0.1, 0.15) is 5.82 Å². The molecule has 0 saturated heterocycles. The van der Waals surface area contributed by atoms with Crippen LogP contribution in [0.2, 0.25) is 0 Å². The fraction of sp³-hybridized carbons (Fsp3) is 0.250. The average Bonchev–Trinajstić information content (AvgIpc) is 2.89. The van der Waals surface area contributed by atoms with Gasteiger partial charge in [-0.3, -0.25) is 9.82 Å². The lowest BCUT2D eigenvalue weighted by Crippen LogP contribution is -2.19. The summed E-state index contributed by atoms with van der Waals surface area (Å²) in [6.07, 6.45) is 1.47. The second-order valence-corrected chi connectivity index (χ2v) is 7.02. The molecule has 2 aromatic rings. The second kappa shape index (κ2) is 6.71. The predicted octanol–water partition coefficient (Wildman–Crippen LogP) is 2.06. The van der Waals surface area contributed by atoms with Gasteiger partial charge in [-0.25, -0.2) is 4.39 Å². The van der Waals surface area contributed by atoms with Gasteiger partial charge in [0.05, 0.1) is 11.9 Å². The van der Waals surface area contributed by atoms with E-state index in [0.717, 1.165) is 0 Å². The fourth-order valence-corrected chi connectivity index (χ4v) is 3.69. The van der Waals surface area contributed by atoms with Gasteiger partial charge >= 0.3 is 0 Å². The van der Waals surface area contributed by atoms with E-state index in [1.807, 2.05) is 29.5 Å². The minimum Gasteiger partial charge on any atom is -0.313 e. The third kappa shape index (κ3) is 3.92. The van der Waals surface area contributed by atoms with Gasteiger partial charge in [-0.2, -0.15) is 13.5 Å². The Morgan fingerprint density at radius 1 is 1.43 bits per heavy atom. The number of aromatic amines is 1. The molecule has 0 amide bonds. The number of rotatable bonds is 6. The van der Waals surface area contributed by atoms with E-state index in [-0.39, 0.29) is 5.03 Å². The normalized spacial score (nSPS) is 11.6. The van der Waals surface area contributed by atoms with Crippen LogP contribution in [-0.4, -0.2) is 25.2 Å². The van der Waals surface area contributed by atoms with Crippen LogP contribution in [-0.2, 0) is 16.6 Å². The van der Waals surface area contributed by atoms with Gasteiger partial charge in [-0.05, 0) is 47.3 Å². The highest BCUT2D eigenvalue weighted by atomic mass is 127. The zero-order valence-corrected chi connectivity index (χ0v) is 14.1. The monoisotopic (exact) mass is 424 g/mol. The van der Waals surface area contributed by atoms with Crippen molar-refractivity contribution in [2.24, 2.45) is 0 Å².